The summed E-state index contributed by atoms with van der Waals surface area (Å²) in [5.74, 6) is -0.312. The molecular formula is C27H24N2O2. The summed E-state index contributed by atoms with van der Waals surface area (Å²) < 4.78 is 4.87. The summed E-state index contributed by atoms with van der Waals surface area (Å²) >= 11 is 0. The number of carbonyl (C=O) groups is 1. The van der Waals surface area contributed by atoms with Crippen LogP contribution in [0.15, 0.2) is 73.1 Å². The number of aromatic nitrogens is 2. The Balaban J connectivity index is 1.73. The molecule has 5 aromatic rings. The fourth-order valence-corrected chi connectivity index (χ4v) is 4.46. The first kappa shape index (κ1) is 19.2. The van der Waals surface area contributed by atoms with E-state index in [0.717, 1.165) is 16.6 Å². The number of rotatable bonds is 4. The number of hydrogen-bond donors (Lipinski definition) is 2. The quantitative estimate of drug-likeness (QED) is 0.346. The van der Waals surface area contributed by atoms with E-state index in [2.05, 4.69) is 72.6 Å². The molecule has 0 radical (unpaired) electrons. The second kappa shape index (κ2) is 7.47. The number of aryl methyl sites for hydroxylation is 2. The lowest BCUT2D eigenvalue weighted by molar-refractivity contribution is 0.0600. The summed E-state index contributed by atoms with van der Waals surface area (Å²) in [6.45, 7) is 4.20. The Bertz CT molecular complexity index is 1330. The minimum Gasteiger partial charge on any atom is -0.465 e. The number of ether oxygens (including phenoxy) is 1. The van der Waals surface area contributed by atoms with E-state index in [4.69, 9.17) is 4.74 Å². The zero-order chi connectivity index (χ0) is 21.5. The number of H-pyrrole nitrogens is 2. The van der Waals surface area contributed by atoms with Crippen molar-refractivity contribution in [2.75, 3.05) is 7.11 Å². The third-order valence-electron chi connectivity index (χ3n) is 6.03. The van der Waals surface area contributed by atoms with Gasteiger partial charge in [-0.15, -0.1) is 0 Å². The Morgan fingerprint density at radius 1 is 0.774 bits per heavy atom. The van der Waals surface area contributed by atoms with Crippen molar-refractivity contribution in [3.05, 3.63) is 106 Å². The van der Waals surface area contributed by atoms with E-state index < -0.39 is 0 Å². The number of hydrogen-bond acceptors (Lipinski definition) is 2. The minimum atomic E-state index is -0.326. The second-order valence-corrected chi connectivity index (χ2v) is 8.13. The van der Waals surface area contributed by atoms with Crippen LogP contribution in [0.5, 0.6) is 0 Å². The third kappa shape index (κ3) is 3.30. The third-order valence-corrected chi connectivity index (χ3v) is 6.03. The van der Waals surface area contributed by atoms with E-state index in [9.17, 15) is 4.79 Å². The summed E-state index contributed by atoms with van der Waals surface area (Å²) in [7, 11) is 1.40. The first-order chi connectivity index (χ1) is 15.0. The normalized spacial score (nSPS) is 11.5. The van der Waals surface area contributed by atoms with Crippen molar-refractivity contribution in [1.82, 2.24) is 9.97 Å². The molecule has 0 fully saturated rings. The lowest BCUT2D eigenvalue weighted by Gasteiger charge is -2.18. The zero-order valence-corrected chi connectivity index (χ0v) is 17.8. The van der Waals surface area contributed by atoms with Crippen molar-refractivity contribution < 1.29 is 9.53 Å². The molecule has 0 bridgehead atoms. The van der Waals surface area contributed by atoms with Gasteiger partial charge in [-0.25, -0.2) is 4.79 Å². The van der Waals surface area contributed by atoms with Gasteiger partial charge in [0.25, 0.3) is 0 Å². The molecule has 0 aliphatic rings. The Hall–Kier alpha value is -3.79. The zero-order valence-electron chi connectivity index (χ0n) is 17.8. The number of esters is 1. The predicted molar refractivity (Wildman–Crippen MR) is 125 cm³/mol. The molecule has 3 aromatic carbocycles. The maximum atomic E-state index is 11.9. The molecule has 0 aliphatic carbocycles. The maximum absolute atomic E-state index is 11.9. The van der Waals surface area contributed by atoms with Crippen LogP contribution in [0.3, 0.4) is 0 Å². The minimum absolute atomic E-state index is 0.0135. The van der Waals surface area contributed by atoms with Crippen LogP contribution in [-0.2, 0) is 4.74 Å². The van der Waals surface area contributed by atoms with Gasteiger partial charge in [-0.3, -0.25) is 0 Å². The molecule has 2 heterocycles. The highest BCUT2D eigenvalue weighted by Gasteiger charge is 2.23. The molecule has 0 saturated carbocycles. The summed E-state index contributed by atoms with van der Waals surface area (Å²) in [6.07, 6.45) is 4.21. The van der Waals surface area contributed by atoms with Crippen molar-refractivity contribution in [2.45, 2.75) is 19.8 Å². The second-order valence-electron chi connectivity index (χ2n) is 8.13. The maximum Gasteiger partial charge on any atom is 0.337 e. The van der Waals surface area contributed by atoms with E-state index in [-0.39, 0.29) is 11.9 Å². The van der Waals surface area contributed by atoms with Gasteiger partial charge in [0.15, 0.2) is 0 Å². The van der Waals surface area contributed by atoms with E-state index in [1.54, 1.807) is 0 Å². The highest BCUT2D eigenvalue weighted by atomic mass is 16.5. The summed E-state index contributed by atoms with van der Waals surface area (Å²) in [6, 6.07) is 20.7. The fourth-order valence-electron chi connectivity index (χ4n) is 4.46. The molecule has 4 nitrogen and oxygen atoms in total. The summed E-state index contributed by atoms with van der Waals surface area (Å²) in [5, 5.41) is 2.41. The number of benzene rings is 3. The predicted octanol–water partition coefficient (Wildman–Crippen LogP) is 6.23. The molecule has 0 spiro atoms. The lowest BCUT2D eigenvalue weighted by Crippen LogP contribution is -2.05. The van der Waals surface area contributed by atoms with Crippen LogP contribution < -0.4 is 0 Å². The molecule has 5 rings (SSSR count). The molecule has 0 saturated heterocycles. The van der Waals surface area contributed by atoms with Gasteiger partial charge < -0.3 is 14.7 Å². The van der Waals surface area contributed by atoms with Crippen LogP contribution >= 0.6 is 0 Å². The van der Waals surface area contributed by atoms with Crippen LogP contribution in [0.2, 0.25) is 0 Å². The summed E-state index contributed by atoms with van der Waals surface area (Å²) in [5.41, 5.74) is 8.79. The molecule has 0 unspecified atom stereocenters. The van der Waals surface area contributed by atoms with Crippen molar-refractivity contribution in [1.29, 1.82) is 0 Å². The first-order valence-electron chi connectivity index (χ1n) is 10.4. The number of carbonyl (C=O) groups excluding carboxylic acids is 1. The molecule has 2 aromatic heterocycles. The van der Waals surface area contributed by atoms with E-state index in [1.807, 2.05) is 24.3 Å². The van der Waals surface area contributed by atoms with Crippen molar-refractivity contribution in [2.24, 2.45) is 0 Å². The van der Waals surface area contributed by atoms with Crippen LogP contribution in [0.1, 0.15) is 44.1 Å². The Labute approximate surface area is 180 Å². The van der Waals surface area contributed by atoms with Crippen LogP contribution in [0, 0.1) is 13.8 Å². The molecule has 0 atom stereocenters. The number of aromatic amines is 2. The Kier molecular flexibility index (Phi) is 4.63. The van der Waals surface area contributed by atoms with Gasteiger partial charge >= 0.3 is 5.97 Å². The van der Waals surface area contributed by atoms with Gasteiger partial charge in [-0.2, -0.15) is 0 Å². The average molecular weight is 409 g/mol. The number of nitrogens with one attached hydrogen (secondary N) is 2. The largest absolute Gasteiger partial charge is 0.465 e. The van der Waals surface area contributed by atoms with Gasteiger partial charge in [0.2, 0.25) is 0 Å². The first-order valence-corrected chi connectivity index (χ1v) is 10.4. The molecule has 0 aliphatic heterocycles. The highest BCUT2D eigenvalue weighted by molar-refractivity contribution is 5.91. The molecular weight excluding hydrogens is 384 g/mol. The van der Waals surface area contributed by atoms with Gasteiger partial charge in [-0.05, 0) is 65.9 Å². The molecule has 4 heteroatoms. The van der Waals surface area contributed by atoms with Crippen molar-refractivity contribution in [3.63, 3.8) is 0 Å². The lowest BCUT2D eigenvalue weighted by atomic mass is 9.84. The van der Waals surface area contributed by atoms with E-state index in [1.165, 1.54) is 40.1 Å². The Morgan fingerprint density at radius 3 is 1.77 bits per heavy atom. The number of methoxy groups -OCH3 is 1. The Morgan fingerprint density at radius 2 is 1.29 bits per heavy atom. The standard InChI is InChI=1S/C27H24N2O2/c1-16-4-10-20-22(14-28-24(20)12-16)26(18-6-8-19(9-7-18)27(30)31-3)23-15-29-25-13-17(2)5-11-21(23)25/h4-15,26,28-29H,1-3H3. The highest BCUT2D eigenvalue weighted by Crippen LogP contribution is 2.39. The van der Waals surface area contributed by atoms with Crippen molar-refractivity contribution >= 4 is 27.8 Å². The van der Waals surface area contributed by atoms with E-state index >= 15 is 0 Å². The fraction of sp³-hybridized carbons (Fsp3) is 0.148. The molecule has 0 amide bonds. The van der Waals surface area contributed by atoms with Crippen LogP contribution in [0.25, 0.3) is 21.8 Å². The van der Waals surface area contributed by atoms with E-state index in [0.29, 0.717) is 5.56 Å². The number of fused-ring (bicyclic) bond motifs is 2. The smallest absolute Gasteiger partial charge is 0.337 e. The summed E-state index contributed by atoms with van der Waals surface area (Å²) in [4.78, 5) is 18.8. The topological polar surface area (TPSA) is 57.9 Å². The van der Waals surface area contributed by atoms with Gasteiger partial charge in [-0.1, -0.05) is 36.4 Å². The SMILES string of the molecule is COC(=O)c1ccc(C(c2c[nH]c3cc(C)ccc23)c2c[nH]c3cc(C)ccc23)cc1. The van der Waals surface area contributed by atoms with Gasteiger partial charge in [0, 0.05) is 40.1 Å². The molecule has 2 N–H and O–H groups in total. The van der Waals surface area contributed by atoms with Gasteiger partial charge in [0.1, 0.15) is 0 Å². The average Bonchev–Trinajstić information content (AvgIpc) is 3.38. The van der Waals surface area contributed by atoms with Gasteiger partial charge in [0.05, 0.1) is 12.7 Å². The van der Waals surface area contributed by atoms with Crippen LogP contribution in [-0.4, -0.2) is 23.0 Å². The molecule has 31 heavy (non-hydrogen) atoms. The van der Waals surface area contributed by atoms with Crippen LogP contribution in [0.4, 0.5) is 0 Å². The molecule has 154 valence electrons. The van der Waals surface area contributed by atoms with Crippen molar-refractivity contribution in [3.8, 4) is 0 Å². The monoisotopic (exact) mass is 408 g/mol.